The summed E-state index contributed by atoms with van der Waals surface area (Å²) in [6.07, 6.45) is 2.87. The fraction of sp³-hybridized carbons (Fsp3) is 0.444. The molecule has 1 atom stereocenters. The van der Waals surface area contributed by atoms with E-state index in [0.717, 1.165) is 19.4 Å². The number of benzene rings is 1. The van der Waals surface area contributed by atoms with Crippen LogP contribution in [0.3, 0.4) is 0 Å². The van der Waals surface area contributed by atoms with Crippen molar-refractivity contribution < 1.29 is 14.4 Å². The van der Waals surface area contributed by atoms with Crippen LogP contribution in [0.5, 0.6) is 0 Å². The van der Waals surface area contributed by atoms with Gasteiger partial charge in [-0.25, -0.2) is 0 Å². The Hall–Kier alpha value is -2.18. The van der Waals surface area contributed by atoms with Crippen LogP contribution in [0.1, 0.15) is 21.6 Å². The number of hydrogen-bond acceptors (Lipinski definition) is 5. The van der Waals surface area contributed by atoms with Gasteiger partial charge in [-0.3, -0.25) is 9.69 Å². The molecule has 1 fully saturated rings. The van der Waals surface area contributed by atoms with E-state index in [1.165, 1.54) is 17.4 Å². The molecule has 4 rings (SSSR count). The van der Waals surface area contributed by atoms with Gasteiger partial charge in [-0.1, -0.05) is 29.4 Å². The molecule has 1 N–H and O–H groups in total. The number of amides is 1. The van der Waals surface area contributed by atoms with Crippen molar-refractivity contribution in [3.63, 3.8) is 0 Å². The molecule has 24 heavy (non-hydrogen) atoms. The SMILES string of the molecule is O=C(c1ccon1)N1CCN(C2Cc3ccccc3C2)CC(O)C1. The summed E-state index contributed by atoms with van der Waals surface area (Å²) in [7, 11) is 0. The number of rotatable bonds is 2. The van der Waals surface area contributed by atoms with Crippen LogP contribution in [0.4, 0.5) is 0 Å². The second-order valence-corrected chi connectivity index (χ2v) is 6.62. The third-order valence-electron chi connectivity index (χ3n) is 5.02. The average molecular weight is 327 g/mol. The van der Waals surface area contributed by atoms with Crippen molar-refractivity contribution in [2.24, 2.45) is 0 Å². The molecule has 1 unspecified atom stereocenters. The van der Waals surface area contributed by atoms with Crippen LogP contribution >= 0.6 is 0 Å². The Morgan fingerprint density at radius 1 is 1.12 bits per heavy atom. The molecule has 6 nitrogen and oxygen atoms in total. The van der Waals surface area contributed by atoms with E-state index in [9.17, 15) is 9.90 Å². The fourth-order valence-electron chi connectivity index (χ4n) is 3.81. The number of aromatic nitrogens is 1. The van der Waals surface area contributed by atoms with Crippen LogP contribution in [-0.2, 0) is 12.8 Å². The molecule has 6 heteroatoms. The minimum Gasteiger partial charge on any atom is -0.390 e. The molecule has 0 spiro atoms. The van der Waals surface area contributed by atoms with Crippen LogP contribution < -0.4 is 0 Å². The summed E-state index contributed by atoms with van der Waals surface area (Å²) in [4.78, 5) is 16.4. The Bertz CT molecular complexity index is 691. The van der Waals surface area contributed by atoms with Gasteiger partial charge >= 0.3 is 0 Å². The van der Waals surface area contributed by atoms with Gasteiger partial charge in [0.15, 0.2) is 5.69 Å². The van der Waals surface area contributed by atoms with Gasteiger partial charge in [-0.2, -0.15) is 0 Å². The molecule has 2 heterocycles. The minimum atomic E-state index is -0.549. The number of carbonyl (C=O) groups excluding carboxylic acids is 1. The third kappa shape index (κ3) is 2.95. The summed E-state index contributed by atoms with van der Waals surface area (Å²) in [6.45, 7) is 2.29. The Kier molecular flexibility index (Phi) is 4.08. The normalized spacial score (nSPS) is 22.4. The molecular formula is C18H21N3O3. The van der Waals surface area contributed by atoms with E-state index in [4.69, 9.17) is 4.52 Å². The first-order valence-electron chi connectivity index (χ1n) is 8.39. The maximum absolute atomic E-state index is 12.4. The molecule has 1 aliphatic heterocycles. The minimum absolute atomic E-state index is 0.181. The van der Waals surface area contributed by atoms with Crippen molar-refractivity contribution in [3.8, 4) is 0 Å². The van der Waals surface area contributed by atoms with Gasteiger partial charge in [0, 0.05) is 38.3 Å². The van der Waals surface area contributed by atoms with Gasteiger partial charge in [0.1, 0.15) is 6.26 Å². The zero-order valence-electron chi connectivity index (χ0n) is 13.5. The molecular weight excluding hydrogens is 306 g/mol. The quantitative estimate of drug-likeness (QED) is 0.890. The third-order valence-corrected chi connectivity index (χ3v) is 5.02. The zero-order chi connectivity index (χ0) is 16.5. The number of β-amino-alcohol motifs (C(OH)–C–C–N with tert-alkyl or cyclic N) is 1. The van der Waals surface area contributed by atoms with Crippen LogP contribution in [0.15, 0.2) is 41.1 Å². The van der Waals surface area contributed by atoms with Gasteiger partial charge < -0.3 is 14.5 Å². The number of aliphatic hydroxyl groups excluding tert-OH is 1. The maximum atomic E-state index is 12.4. The Labute approximate surface area is 140 Å². The molecule has 1 aromatic heterocycles. The average Bonchev–Trinajstić information content (AvgIpc) is 3.22. The summed E-state index contributed by atoms with van der Waals surface area (Å²) in [5, 5.41) is 14.1. The van der Waals surface area contributed by atoms with Crippen LogP contribution in [-0.4, -0.2) is 64.3 Å². The van der Waals surface area contributed by atoms with Crippen LogP contribution in [0.25, 0.3) is 0 Å². The predicted octanol–water partition coefficient (Wildman–Crippen LogP) is 0.961. The fourth-order valence-corrected chi connectivity index (χ4v) is 3.81. The highest BCUT2D eigenvalue weighted by Crippen LogP contribution is 2.26. The molecule has 1 saturated heterocycles. The lowest BCUT2D eigenvalue weighted by Crippen LogP contribution is -2.41. The monoisotopic (exact) mass is 327 g/mol. The lowest BCUT2D eigenvalue weighted by atomic mass is 10.1. The van der Waals surface area contributed by atoms with E-state index < -0.39 is 6.10 Å². The lowest BCUT2D eigenvalue weighted by Gasteiger charge is -2.28. The van der Waals surface area contributed by atoms with Crippen molar-refractivity contribution in [1.29, 1.82) is 0 Å². The van der Waals surface area contributed by atoms with Crippen LogP contribution in [0.2, 0.25) is 0 Å². The topological polar surface area (TPSA) is 69.8 Å². The van der Waals surface area contributed by atoms with Gasteiger partial charge in [-0.05, 0) is 24.0 Å². The van der Waals surface area contributed by atoms with E-state index in [0.29, 0.717) is 31.4 Å². The molecule has 126 valence electrons. The van der Waals surface area contributed by atoms with Gasteiger partial charge in [0.25, 0.3) is 5.91 Å². The van der Waals surface area contributed by atoms with Crippen molar-refractivity contribution in [2.75, 3.05) is 26.2 Å². The standard InChI is InChI=1S/C18H21N3O3/c22-16-11-20(15-9-13-3-1-2-4-14(13)10-15)6-7-21(12-16)18(23)17-5-8-24-19-17/h1-5,8,15-16,22H,6-7,9-12H2. The molecule has 0 bridgehead atoms. The molecule has 1 aliphatic carbocycles. The maximum Gasteiger partial charge on any atom is 0.276 e. The van der Waals surface area contributed by atoms with Crippen molar-refractivity contribution >= 4 is 5.91 Å². The summed E-state index contributed by atoms with van der Waals surface area (Å²) in [5.41, 5.74) is 3.09. The van der Waals surface area contributed by atoms with E-state index in [2.05, 4.69) is 34.3 Å². The van der Waals surface area contributed by atoms with Crippen molar-refractivity contribution in [2.45, 2.75) is 25.0 Å². The van der Waals surface area contributed by atoms with Gasteiger partial charge in [-0.15, -0.1) is 0 Å². The van der Waals surface area contributed by atoms with E-state index in [1.54, 1.807) is 11.0 Å². The molecule has 2 aliphatic rings. The summed E-state index contributed by atoms with van der Waals surface area (Å²) < 4.78 is 4.75. The molecule has 0 saturated carbocycles. The van der Waals surface area contributed by atoms with Gasteiger partial charge in [0.05, 0.1) is 6.10 Å². The molecule has 2 aromatic rings. The first-order valence-corrected chi connectivity index (χ1v) is 8.39. The van der Waals surface area contributed by atoms with E-state index in [1.807, 2.05) is 0 Å². The second-order valence-electron chi connectivity index (χ2n) is 6.62. The first-order chi connectivity index (χ1) is 11.7. The lowest BCUT2D eigenvalue weighted by molar-refractivity contribution is 0.0647. The zero-order valence-corrected chi connectivity index (χ0v) is 13.5. The molecule has 1 aromatic carbocycles. The highest BCUT2D eigenvalue weighted by Gasteiger charge is 2.32. The summed E-state index contributed by atoms with van der Waals surface area (Å²) in [5.74, 6) is -0.181. The second kappa shape index (κ2) is 6.37. The number of nitrogens with zero attached hydrogens (tertiary/aromatic N) is 3. The highest BCUT2D eigenvalue weighted by molar-refractivity contribution is 5.92. The molecule has 1 amide bonds. The number of carbonyl (C=O) groups is 1. The van der Waals surface area contributed by atoms with Gasteiger partial charge in [0.2, 0.25) is 0 Å². The smallest absolute Gasteiger partial charge is 0.276 e. The number of fused-ring (bicyclic) bond motifs is 1. The summed E-state index contributed by atoms with van der Waals surface area (Å²) in [6, 6.07) is 10.5. The molecule has 0 radical (unpaired) electrons. The summed E-state index contributed by atoms with van der Waals surface area (Å²) >= 11 is 0. The van der Waals surface area contributed by atoms with Crippen molar-refractivity contribution in [3.05, 3.63) is 53.4 Å². The highest BCUT2D eigenvalue weighted by atomic mass is 16.5. The van der Waals surface area contributed by atoms with E-state index >= 15 is 0 Å². The first kappa shape index (κ1) is 15.4. The Morgan fingerprint density at radius 2 is 1.88 bits per heavy atom. The Morgan fingerprint density at radius 3 is 2.54 bits per heavy atom. The van der Waals surface area contributed by atoms with Crippen LogP contribution in [0, 0.1) is 0 Å². The van der Waals surface area contributed by atoms with E-state index in [-0.39, 0.29) is 5.91 Å². The largest absolute Gasteiger partial charge is 0.390 e. The predicted molar refractivity (Wildman–Crippen MR) is 87.6 cm³/mol. The number of hydrogen-bond donors (Lipinski definition) is 1. The number of aliphatic hydroxyl groups is 1. The van der Waals surface area contributed by atoms with Crippen molar-refractivity contribution in [1.82, 2.24) is 15.0 Å². The Balaban J connectivity index is 1.44.